The van der Waals surface area contributed by atoms with Gasteiger partial charge in [-0.2, -0.15) is 0 Å². The van der Waals surface area contributed by atoms with Crippen molar-refractivity contribution in [3.05, 3.63) is 32.9 Å². The predicted octanol–water partition coefficient (Wildman–Crippen LogP) is 4.32. The number of rotatable bonds is 1. The Morgan fingerprint density at radius 3 is 1.90 bits per heavy atom. The zero-order chi connectivity index (χ0) is 7.56. The second-order valence-corrected chi connectivity index (χ2v) is 9.25. The van der Waals surface area contributed by atoms with Crippen molar-refractivity contribution >= 4 is 47.0 Å². The molecule has 0 heterocycles. The summed E-state index contributed by atoms with van der Waals surface area (Å²) in [5.41, 5.74) is 0. The topological polar surface area (TPSA) is 0 Å². The molecule has 0 bridgehead atoms. The first kappa shape index (κ1) is 8.91. The summed E-state index contributed by atoms with van der Waals surface area (Å²) in [6, 6.07) is 7.33. The minimum atomic E-state index is -1.82. The van der Waals surface area contributed by atoms with Crippen LogP contribution in [0.3, 0.4) is 0 Å². The number of benzene rings is 1. The van der Waals surface area contributed by atoms with E-state index < -0.39 is 17.6 Å². The van der Waals surface area contributed by atoms with Gasteiger partial charge in [0.05, 0.1) is 0 Å². The van der Waals surface area contributed by atoms with Gasteiger partial charge in [-0.25, -0.2) is 0 Å². The van der Waals surface area contributed by atoms with Gasteiger partial charge >= 0.3 is 79.8 Å². The van der Waals surface area contributed by atoms with Crippen molar-refractivity contribution in [3.8, 4) is 0 Å². The molecule has 1 aromatic rings. The fraction of sp³-hybridized carbons (Fsp3) is 0. The maximum atomic E-state index is 5.73. The standard InChI is InChI=1S/C6H4Cl3I/c7-5-1-3-6(4-2-5)10(8)9/h1-4H. The first-order valence-corrected chi connectivity index (χ1v) is 9.41. The quantitative estimate of drug-likeness (QED) is 0.678. The Labute approximate surface area is 79.3 Å². The van der Waals surface area contributed by atoms with Crippen LogP contribution in [0.4, 0.5) is 0 Å². The monoisotopic (exact) mass is 308 g/mol. The third-order valence-electron chi connectivity index (χ3n) is 0.969. The van der Waals surface area contributed by atoms with Gasteiger partial charge in [0.15, 0.2) is 0 Å². The summed E-state index contributed by atoms with van der Waals surface area (Å²) in [6.45, 7) is 0. The molecule has 0 aliphatic carbocycles. The van der Waals surface area contributed by atoms with E-state index in [0.717, 1.165) is 8.59 Å². The van der Waals surface area contributed by atoms with Gasteiger partial charge in [-0.1, -0.05) is 0 Å². The van der Waals surface area contributed by atoms with Gasteiger partial charge in [-0.3, -0.25) is 0 Å². The molecule has 1 rings (SSSR count). The fourth-order valence-corrected chi connectivity index (χ4v) is 2.83. The maximum absolute atomic E-state index is 5.73. The summed E-state index contributed by atoms with van der Waals surface area (Å²) in [4.78, 5) is 0. The first-order valence-electron chi connectivity index (χ1n) is 2.49. The van der Waals surface area contributed by atoms with Crippen molar-refractivity contribution in [3.63, 3.8) is 0 Å². The molecule has 0 saturated heterocycles. The first-order chi connectivity index (χ1) is 4.70. The van der Waals surface area contributed by atoms with Gasteiger partial charge in [0.1, 0.15) is 0 Å². The Hall–Kier alpha value is 0.820. The average Bonchev–Trinajstić information content (AvgIpc) is 1.88. The second-order valence-electron chi connectivity index (χ2n) is 1.63. The zero-order valence-corrected chi connectivity index (χ0v) is 9.25. The minimum absolute atomic E-state index is 0.717. The molecule has 0 saturated carbocycles. The van der Waals surface area contributed by atoms with Gasteiger partial charge in [-0.05, 0) is 0 Å². The van der Waals surface area contributed by atoms with Crippen LogP contribution in [0.2, 0.25) is 5.02 Å². The van der Waals surface area contributed by atoms with E-state index in [0.29, 0.717) is 0 Å². The molecular formula is C6H4Cl3I. The molecule has 0 fully saturated rings. The third-order valence-corrected chi connectivity index (χ3v) is 5.09. The third kappa shape index (κ3) is 2.46. The molecule has 0 aliphatic heterocycles. The van der Waals surface area contributed by atoms with Crippen LogP contribution < -0.4 is 0 Å². The van der Waals surface area contributed by atoms with Crippen LogP contribution in [0.1, 0.15) is 0 Å². The van der Waals surface area contributed by atoms with Crippen LogP contribution in [0.5, 0.6) is 0 Å². The van der Waals surface area contributed by atoms with E-state index in [9.17, 15) is 0 Å². The summed E-state index contributed by atoms with van der Waals surface area (Å²) in [5.74, 6) is 0. The summed E-state index contributed by atoms with van der Waals surface area (Å²) in [6.07, 6.45) is 0. The predicted molar refractivity (Wildman–Crippen MR) is 55.9 cm³/mol. The molecule has 0 unspecified atom stereocenters. The number of halogens is 4. The molecular weight excluding hydrogens is 305 g/mol. The van der Waals surface area contributed by atoms with E-state index in [-0.39, 0.29) is 0 Å². The molecule has 4 heteroatoms. The Morgan fingerprint density at radius 1 is 1.00 bits per heavy atom. The molecule has 0 nitrogen and oxygen atoms in total. The summed E-state index contributed by atoms with van der Waals surface area (Å²) in [5, 5.41) is 0.717. The van der Waals surface area contributed by atoms with Crippen molar-refractivity contribution in [2.75, 3.05) is 0 Å². The van der Waals surface area contributed by atoms with E-state index in [1.54, 1.807) is 12.1 Å². The molecule has 10 heavy (non-hydrogen) atoms. The van der Waals surface area contributed by atoms with E-state index in [4.69, 9.17) is 29.4 Å². The van der Waals surface area contributed by atoms with Crippen molar-refractivity contribution in [1.29, 1.82) is 0 Å². The number of hydrogen-bond donors (Lipinski definition) is 0. The Balaban J connectivity index is 2.89. The molecule has 56 valence electrons. The Kier molecular flexibility index (Phi) is 3.56. The fourth-order valence-electron chi connectivity index (χ4n) is 0.525. The van der Waals surface area contributed by atoms with Crippen LogP contribution in [0.15, 0.2) is 24.3 Å². The van der Waals surface area contributed by atoms with Crippen molar-refractivity contribution < 1.29 is 0 Å². The van der Waals surface area contributed by atoms with Crippen LogP contribution in [-0.2, 0) is 0 Å². The van der Waals surface area contributed by atoms with E-state index in [1.165, 1.54) is 0 Å². The molecule has 0 atom stereocenters. The summed E-state index contributed by atoms with van der Waals surface area (Å²) >= 11 is 3.83. The van der Waals surface area contributed by atoms with Crippen molar-refractivity contribution in [2.24, 2.45) is 0 Å². The van der Waals surface area contributed by atoms with Crippen LogP contribution in [0.25, 0.3) is 0 Å². The van der Waals surface area contributed by atoms with Gasteiger partial charge < -0.3 is 0 Å². The molecule has 0 spiro atoms. The molecule has 0 aromatic heterocycles. The molecule has 0 N–H and O–H groups in total. The molecule has 0 radical (unpaired) electrons. The average molecular weight is 309 g/mol. The van der Waals surface area contributed by atoms with Crippen LogP contribution in [0, 0.1) is 3.57 Å². The SMILES string of the molecule is Clc1ccc(I(Cl)Cl)cc1. The molecule has 0 amide bonds. The van der Waals surface area contributed by atoms with Crippen LogP contribution >= 0.6 is 47.0 Å². The van der Waals surface area contributed by atoms with E-state index in [2.05, 4.69) is 0 Å². The summed E-state index contributed by atoms with van der Waals surface area (Å²) in [7, 11) is 11.5. The van der Waals surface area contributed by atoms with Crippen molar-refractivity contribution in [2.45, 2.75) is 0 Å². The summed E-state index contributed by atoms with van der Waals surface area (Å²) < 4.78 is 1.02. The molecule has 0 aliphatic rings. The van der Waals surface area contributed by atoms with E-state index in [1.807, 2.05) is 12.1 Å². The Morgan fingerprint density at radius 2 is 1.50 bits per heavy atom. The van der Waals surface area contributed by atoms with Gasteiger partial charge in [-0.15, -0.1) is 0 Å². The van der Waals surface area contributed by atoms with Crippen molar-refractivity contribution in [1.82, 2.24) is 0 Å². The van der Waals surface area contributed by atoms with Gasteiger partial charge in [0.2, 0.25) is 0 Å². The van der Waals surface area contributed by atoms with Crippen LogP contribution in [-0.4, -0.2) is 0 Å². The normalized spacial score (nSPS) is 11.3. The Bertz CT molecular complexity index is 207. The van der Waals surface area contributed by atoms with E-state index >= 15 is 0 Å². The second kappa shape index (κ2) is 4.00. The number of hydrogen-bond acceptors (Lipinski definition) is 0. The van der Waals surface area contributed by atoms with Gasteiger partial charge in [0.25, 0.3) is 0 Å². The van der Waals surface area contributed by atoms with Gasteiger partial charge in [0, 0.05) is 0 Å². The zero-order valence-electron chi connectivity index (χ0n) is 4.82. The molecule has 1 aromatic carbocycles.